The molecular weight excluding hydrogens is 443 g/mol. The summed E-state index contributed by atoms with van der Waals surface area (Å²) in [5, 5.41) is 22.6. The van der Waals surface area contributed by atoms with Gasteiger partial charge in [-0.15, -0.1) is 0 Å². The fourth-order valence-electron chi connectivity index (χ4n) is 3.81. The predicted octanol–water partition coefficient (Wildman–Crippen LogP) is 1.74. The second-order valence-electron chi connectivity index (χ2n) is 7.65. The van der Waals surface area contributed by atoms with Crippen LogP contribution in [0.4, 0.5) is 24.5 Å². The molecule has 3 heterocycles. The van der Waals surface area contributed by atoms with Gasteiger partial charge in [0.1, 0.15) is 11.6 Å². The van der Waals surface area contributed by atoms with E-state index in [1.165, 1.54) is 18.3 Å². The van der Waals surface area contributed by atoms with Gasteiger partial charge in [0, 0.05) is 49.8 Å². The Labute approximate surface area is 187 Å². The highest BCUT2D eigenvalue weighted by Gasteiger charge is 2.60. The number of nitrogens with zero attached hydrogens (tertiary/aromatic N) is 2. The lowest BCUT2D eigenvalue weighted by atomic mass is 9.96. The van der Waals surface area contributed by atoms with Crippen molar-refractivity contribution in [3.05, 3.63) is 41.4 Å². The number of alkyl halides is 3. The van der Waals surface area contributed by atoms with Crippen LogP contribution < -0.4 is 20.3 Å². The molecule has 1 saturated heterocycles. The third kappa shape index (κ3) is 4.31. The number of anilines is 2. The zero-order valence-corrected chi connectivity index (χ0v) is 17.4. The minimum atomic E-state index is -4.79. The van der Waals surface area contributed by atoms with E-state index in [1.807, 2.05) is 4.90 Å². The Balaban J connectivity index is 1.72. The number of allylic oxidation sites excluding steroid dienone is 1. The number of carbonyl (C=O) groups excluding carboxylic acids is 1. The second kappa shape index (κ2) is 8.87. The molecule has 0 unspecified atom stereocenters. The highest BCUT2D eigenvalue weighted by molar-refractivity contribution is 6.18. The number of aliphatic hydroxyl groups is 1. The molecule has 1 amide bonds. The lowest BCUT2D eigenvalue weighted by Gasteiger charge is -2.31. The van der Waals surface area contributed by atoms with Crippen molar-refractivity contribution < 1.29 is 32.5 Å². The number of nitrogens with one attached hydrogen (secondary N) is 3. The molecule has 3 aliphatic heterocycles. The van der Waals surface area contributed by atoms with Crippen molar-refractivity contribution in [2.45, 2.75) is 18.2 Å². The number of ether oxygens (including phenoxy) is 2. The Hall–Kier alpha value is -3.38. The van der Waals surface area contributed by atoms with Gasteiger partial charge in [0.15, 0.2) is 0 Å². The van der Waals surface area contributed by atoms with E-state index >= 15 is 0 Å². The van der Waals surface area contributed by atoms with Crippen molar-refractivity contribution in [2.75, 3.05) is 43.1 Å². The first-order chi connectivity index (χ1) is 15.8. The summed E-state index contributed by atoms with van der Waals surface area (Å²) in [6.07, 6.45) is 0.0906. The molecule has 12 heteroatoms. The molecule has 1 aromatic rings. The van der Waals surface area contributed by atoms with Gasteiger partial charge in [-0.3, -0.25) is 4.79 Å². The van der Waals surface area contributed by atoms with Gasteiger partial charge >= 0.3 is 6.18 Å². The number of benzene rings is 1. The summed E-state index contributed by atoms with van der Waals surface area (Å²) >= 11 is 0. The fraction of sp³-hybridized carbons (Fsp3) is 0.381. The van der Waals surface area contributed by atoms with Crippen LogP contribution in [0.3, 0.4) is 0 Å². The molecule has 0 spiro atoms. The minimum Gasteiger partial charge on any atom is -0.475 e. The van der Waals surface area contributed by atoms with Crippen molar-refractivity contribution in [1.29, 1.82) is 5.41 Å². The smallest absolute Gasteiger partial charge is 0.430 e. The number of hydrogen-bond acceptors (Lipinski definition) is 8. The van der Waals surface area contributed by atoms with Gasteiger partial charge in [0.05, 0.1) is 36.8 Å². The molecule has 1 aromatic carbocycles. The number of aliphatic hydroxyl groups excluding tert-OH is 1. The van der Waals surface area contributed by atoms with E-state index in [2.05, 4.69) is 15.6 Å². The fourth-order valence-corrected chi connectivity index (χ4v) is 3.81. The van der Waals surface area contributed by atoms with Crippen LogP contribution in [0.5, 0.6) is 5.75 Å². The Morgan fingerprint density at radius 1 is 1.36 bits per heavy atom. The Kier molecular flexibility index (Phi) is 6.13. The Bertz CT molecular complexity index is 1050. The van der Waals surface area contributed by atoms with E-state index in [0.717, 1.165) is 6.21 Å². The molecular formula is C21H22F3N5O4. The number of morpholine rings is 1. The van der Waals surface area contributed by atoms with Crippen LogP contribution in [-0.2, 0) is 16.0 Å². The van der Waals surface area contributed by atoms with Gasteiger partial charge in [-0.1, -0.05) is 0 Å². The topological polar surface area (TPSA) is 119 Å². The number of amides is 1. The van der Waals surface area contributed by atoms with Gasteiger partial charge in [0.25, 0.3) is 5.91 Å². The molecule has 3 aliphatic rings. The molecule has 0 radical (unpaired) electrons. The molecule has 176 valence electrons. The average molecular weight is 465 g/mol. The maximum Gasteiger partial charge on any atom is 0.430 e. The molecule has 0 saturated carbocycles. The van der Waals surface area contributed by atoms with Crippen LogP contribution in [0.1, 0.15) is 5.56 Å². The molecule has 1 fully saturated rings. The summed E-state index contributed by atoms with van der Waals surface area (Å²) in [5.74, 6) is -0.494. The standard InChI is InChI=1S/C21H22F3N5O4/c22-21(23,24)20(12-30)10-13-8-15(16(9-17(13)33-20)29-4-6-32-7-5-29)28-19(31)14(11-25)18-26-2-1-3-27-18/h1-3,8-9,11,25-26,30H,4-7,10,12H2,(H,28,31)/b18-14-,25-11?/t20-/m1/s1. The molecule has 33 heavy (non-hydrogen) atoms. The number of aliphatic imine (C=N–C) groups is 1. The van der Waals surface area contributed by atoms with E-state index in [4.69, 9.17) is 14.9 Å². The van der Waals surface area contributed by atoms with Crippen molar-refractivity contribution in [1.82, 2.24) is 5.32 Å². The van der Waals surface area contributed by atoms with Crippen molar-refractivity contribution in [3.63, 3.8) is 0 Å². The summed E-state index contributed by atoms with van der Waals surface area (Å²) in [6.45, 7) is 0.508. The highest BCUT2D eigenvalue weighted by Crippen LogP contribution is 2.47. The Morgan fingerprint density at radius 3 is 2.73 bits per heavy atom. The third-order valence-corrected chi connectivity index (χ3v) is 5.58. The quantitative estimate of drug-likeness (QED) is 0.389. The van der Waals surface area contributed by atoms with Gasteiger partial charge in [0.2, 0.25) is 5.60 Å². The Morgan fingerprint density at radius 2 is 2.12 bits per heavy atom. The van der Waals surface area contributed by atoms with E-state index in [0.29, 0.717) is 32.0 Å². The van der Waals surface area contributed by atoms with Gasteiger partial charge in [-0.25, -0.2) is 4.99 Å². The highest BCUT2D eigenvalue weighted by atomic mass is 19.4. The normalized spacial score (nSPS) is 23.5. The number of carbonyl (C=O) groups is 1. The molecule has 9 nitrogen and oxygen atoms in total. The maximum absolute atomic E-state index is 13.7. The third-order valence-electron chi connectivity index (χ3n) is 5.58. The summed E-state index contributed by atoms with van der Waals surface area (Å²) in [4.78, 5) is 18.9. The lowest BCUT2D eigenvalue weighted by molar-refractivity contribution is -0.252. The number of fused-ring (bicyclic) bond motifs is 1. The van der Waals surface area contributed by atoms with Crippen LogP contribution in [0.2, 0.25) is 0 Å². The zero-order chi connectivity index (χ0) is 23.6. The van der Waals surface area contributed by atoms with Crippen LogP contribution in [0.15, 0.2) is 40.8 Å². The van der Waals surface area contributed by atoms with Crippen molar-refractivity contribution in [2.24, 2.45) is 4.99 Å². The summed E-state index contributed by atoms with van der Waals surface area (Å²) < 4.78 is 51.6. The number of rotatable bonds is 5. The summed E-state index contributed by atoms with van der Waals surface area (Å²) in [6, 6.07) is 2.86. The van der Waals surface area contributed by atoms with Crippen LogP contribution >= 0.6 is 0 Å². The van der Waals surface area contributed by atoms with E-state index in [1.54, 1.807) is 12.3 Å². The van der Waals surface area contributed by atoms with Gasteiger partial charge < -0.3 is 35.5 Å². The predicted molar refractivity (Wildman–Crippen MR) is 115 cm³/mol. The molecule has 0 aromatic heterocycles. The summed E-state index contributed by atoms with van der Waals surface area (Å²) in [7, 11) is 0. The minimum absolute atomic E-state index is 0.00446. The first kappa shape index (κ1) is 22.8. The first-order valence-electron chi connectivity index (χ1n) is 10.2. The van der Waals surface area contributed by atoms with Gasteiger partial charge in [-0.05, 0) is 12.1 Å². The number of halogens is 3. The van der Waals surface area contributed by atoms with Crippen molar-refractivity contribution >= 4 is 29.7 Å². The van der Waals surface area contributed by atoms with Crippen LogP contribution in [0, 0.1) is 5.41 Å². The first-order valence-corrected chi connectivity index (χ1v) is 10.2. The van der Waals surface area contributed by atoms with E-state index in [-0.39, 0.29) is 28.4 Å². The second-order valence-corrected chi connectivity index (χ2v) is 7.65. The van der Waals surface area contributed by atoms with Crippen LogP contribution in [0.25, 0.3) is 0 Å². The van der Waals surface area contributed by atoms with Crippen molar-refractivity contribution in [3.8, 4) is 5.75 Å². The van der Waals surface area contributed by atoms with Gasteiger partial charge in [-0.2, -0.15) is 13.2 Å². The zero-order valence-electron chi connectivity index (χ0n) is 17.4. The molecule has 0 bridgehead atoms. The monoisotopic (exact) mass is 465 g/mol. The van der Waals surface area contributed by atoms with Crippen LogP contribution in [-0.4, -0.2) is 68.1 Å². The molecule has 4 N–H and O–H groups in total. The maximum atomic E-state index is 13.7. The summed E-state index contributed by atoms with van der Waals surface area (Å²) in [5.41, 5.74) is -1.88. The van der Waals surface area contributed by atoms with E-state index < -0.39 is 30.7 Å². The largest absolute Gasteiger partial charge is 0.475 e. The average Bonchev–Trinajstić information content (AvgIpc) is 3.19. The van der Waals surface area contributed by atoms with E-state index in [9.17, 15) is 23.1 Å². The number of hydrogen-bond donors (Lipinski definition) is 4. The lowest BCUT2D eigenvalue weighted by Crippen LogP contribution is -2.52. The molecule has 1 atom stereocenters. The SMILES string of the molecule is N=C/C(C(=O)Nc1cc2c(cc1N1CCOCC1)O[C@](CO)(C(F)(F)F)C2)=C1/N=CC=CN1. The molecule has 4 rings (SSSR count). The molecule has 0 aliphatic carbocycles.